The first-order valence-corrected chi connectivity index (χ1v) is 4.25. The SMILES string of the molecule is NNc1nc2c(F)ccc(F)c2s1. The fraction of sp³-hybridized carbons (Fsp3) is 0. The maximum Gasteiger partial charge on any atom is 0.198 e. The van der Waals surface area contributed by atoms with Gasteiger partial charge in [0.1, 0.15) is 11.3 Å². The zero-order valence-corrected chi connectivity index (χ0v) is 7.16. The number of hydrogen-bond donors (Lipinski definition) is 2. The van der Waals surface area contributed by atoms with Gasteiger partial charge in [-0.3, -0.25) is 5.43 Å². The topological polar surface area (TPSA) is 50.9 Å². The summed E-state index contributed by atoms with van der Waals surface area (Å²) in [6, 6.07) is 2.10. The molecule has 2 rings (SSSR count). The van der Waals surface area contributed by atoms with Gasteiger partial charge in [-0.25, -0.2) is 19.6 Å². The van der Waals surface area contributed by atoms with Crippen LogP contribution in [0.2, 0.25) is 0 Å². The van der Waals surface area contributed by atoms with Gasteiger partial charge >= 0.3 is 0 Å². The molecule has 13 heavy (non-hydrogen) atoms. The number of hydrazine groups is 1. The minimum atomic E-state index is -0.547. The van der Waals surface area contributed by atoms with Crippen molar-refractivity contribution in [2.24, 2.45) is 5.84 Å². The molecule has 0 saturated carbocycles. The molecule has 1 aromatic heterocycles. The van der Waals surface area contributed by atoms with Crippen molar-refractivity contribution in [1.29, 1.82) is 0 Å². The highest BCUT2D eigenvalue weighted by Crippen LogP contribution is 2.29. The van der Waals surface area contributed by atoms with E-state index < -0.39 is 11.6 Å². The monoisotopic (exact) mass is 201 g/mol. The summed E-state index contributed by atoms with van der Waals surface area (Å²) in [6.45, 7) is 0. The number of anilines is 1. The van der Waals surface area contributed by atoms with Crippen LogP contribution < -0.4 is 11.3 Å². The van der Waals surface area contributed by atoms with E-state index in [1.54, 1.807) is 0 Å². The van der Waals surface area contributed by atoms with Gasteiger partial charge in [0, 0.05) is 0 Å². The molecule has 0 saturated heterocycles. The number of fused-ring (bicyclic) bond motifs is 1. The van der Waals surface area contributed by atoms with E-state index in [4.69, 9.17) is 5.84 Å². The molecular weight excluding hydrogens is 196 g/mol. The Kier molecular flexibility index (Phi) is 1.86. The number of rotatable bonds is 1. The Bertz CT molecular complexity index is 415. The van der Waals surface area contributed by atoms with Gasteiger partial charge < -0.3 is 0 Å². The first-order chi connectivity index (χ1) is 6.22. The van der Waals surface area contributed by atoms with Crippen LogP contribution in [0.15, 0.2) is 12.1 Å². The van der Waals surface area contributed by atoms with Crippen LogP contribution in [0.1, 0.15) is 0 Å². The molecule has 2 aromatic rings. The van der Waals surface area contributed by atoms with Crippen LogP contribution in [0.3, 0.4) is 0 Å². The van der Waals surface area contributed by atoms with E-state index in [1.165, 1.54) is 0 Å². The summed E-state index contributed by atoms with van der Waals surface area (Å²) in [7, 11) is 0. The average molecular weight is 201 g/mol. The largest absolute Gasteiger partial charge is 0.300 e. The number of hydrogen-bond acceptors (Lipinski definition) is 4. The third-order valence-corrected chi connectivity index (χ3v) is 2.56. The smallest absolute Gasteiger partial charge is 0.198 e. The molecule has 6 heteroatoms. The van der Waals surface area contributed by atoms with Gasteiger partial charge in [0.05, 0.1) is 4.70 Å². The van der Waals surface area contributed by atoms with Gasteiger partial charge in [-0.15, -0.1) is 0 Å². The third kappa shape index (κ3) is 1.24. The Hall–Kier alpha value is -1.27. The molecule has 0 atom stereocenters. The van der Waals surface area contributed by atoms with Crippen LogP contribution in [0.25, 0.3) is 10.2 Å². The number of halogens is 2. The number of aromatic nitrogens is 1. The van der Waals surface area contributed by atoms with E-state index in [0.717, 1.165) is 23.5 Å². The number of nitrogens with zero attached hydrogens (tertiary/aromatic N) is 1. The lowest BCUT2D eigenvalue weighted by Crippen LogP contribution is -2.05. The minimum Gasteiger partial charge on any atom is -0.300 e. The van der Waals surface area contributed by atoms with Crippen LogP contribution >= 0.6 is 11.3 Å². The maximum atomic E-state index is 13.1. The van der Waals surface area contributed by atoms with Crippen molar-refractivity contribution in [2.45, 2.75) is 0 Å². The summed E-state index contributed by atoms with van der Waals surface area (Å²) in [6.07, 6.45) is 0. The van der Waals surface area contributed by atoms with Crippen molar-refractivity contribution >= 4 is 26.7 Å². The molecular formula is C7H5F2N3S. The molecule has 0 fully saturated rings. The van der Waals surface area contributed by atoms with Crippen molar-refractivity contribution in [3.63, 3.8) is 0 Å². The number of thiazole rings is 1. The summed E-state index contributed by atoms with van der Waals surface area (Å²) in [5.74, 6) is 4.03. The highest BCUT2D eigenvalue weighted by molar-refractivity contribution is 7.22. The highest BCUT2D eigenvalue weighted by atomic mass is 32.1. The van der Waals surface area contributed by atoms with E-state index in [1.807, 2.05) is 0 Å². The molecule has 0 aliphatic heterocycles. The Morgan fingerprint density at radius 1 is 1.31 bits per heavy atom. The van der Waals surface area contributed by atoms with Gasteiger partial charge in [0.2, 0.25) is 0 Å². The number of nitrogen functional groups attached to an aromatic ring is 1. The average Bonchev–Trinajstić information content (AvgIpc) is 2.56. The summed E-state index contributed by atoms with van der Waals surface area (Å²) < 4.78 is 26.2. The van der Waals surface area contributed by atoms with Crippen LogP contribution in [0, 0.1) is 11.6 Å². The van der Waals surface area contributed by atoms with Crippen molar-refractivity contribution in [1.82, 2.24) is 4.98 Å². The van der Waals surface area contributed by atoms with Crippen LogP contribution in [-0.4, -0.2) is 4.98 Å². The van der Waals surface area contributed by atoms with Gasteiger partial charge in [-0.2, -0.15) is 0 Å². The van der Waals surface area contributed by atoms with Crippen LogP contribution in [0.5, 0.6) is 0 Å². The van der Waals surface area contributed by atoms with Crippen LogP contribution in [-0.2, 0) is 0 Å². The first-order valence-electron chi connectivity index (χ1n) is 3.43. The van der Waals surface area contributed by atoms with Gasteiger partial charge in [-0.05, 0) is 12.1 Å². The normalized spacial score (nSPS) is 10.7. The highest BCUT2D eigenvalue weighted by Gasteiger charge is 2.11. The molecule has 0 bridgehead atoms. The number of nitrogens with two attached hydrogens (primary N) is 1. The van der Waals surface area contributed by atoms with Crippen molar-refractivity contribution in [3.05, 3.63) is 23.8 Å². The Balaban J connectivity index is 2.80. The molecule has 3 nitrogen and oxygen atoms in total. The van der Waals surface area contributed by atoms with Crippen molar-refractivity contribution < 1.29 is 8.78 Å². The molecule has 0 unspecified atom stereocenters. The van der Waals surface area contributed by atoms with Crippen LogP contribution in [0.4, 0.5) is 13.9 Å². The molecule has 1 heterocycles. The van der Waals surface area contributed by atoms with E-state index in [0.29, 0.717) is 5.13 Å². The number of nitrogens with one attached hydrogen (secondary N) is 1. The molecule has 0 aliphatic carbocycles. The fourth-order valence-electron chi connectivity index (χ4n) is 1.01. The fourth-order valence-corrected chi connectivity index (χ4v) is 1.80. The zero-order valence-electron chi connectivity index (χ0n) is 6.34. The van der Waals surface area contributed by atoms with E-state index in [-0.39, 0.29) is 10.2 Å². The van der Waals surface area contributed by atoms with Gasteiger partial charge in [0.15, 0.2) is 10.9 Å². The summed E-state index contributed by atoms with van der Waals surface area (Å²) >= 11 is 0.976. The Labute approximate surface area is 76.2 Å². The second-order valence-electron chi connectivity index (χ2n) is 2.37. The summed E-state index contributed by atoms with van der Waals surface area (Å²) in [5, 5.41) is 0.291. The second kappa shape index (κ2) is 2.90. The molecule has 0 radical (unpaired) electrons. The molecule has 0 aliphatic rings. The van der Waals surface area contributed by atoms with E-state index in [2.05, 4.69) is 10.4 Å². The molecule has 0 spiro atoms. The zero-order chi connectivity index (χ0) is 9.42. The second-order valence-corrected chi connectivity index (χ2v) is 3.37. The predicted octanol–water partition coefficient (Wildman–Crippen LogP) is 1.86. The van der Waals surface area contributed by atoms with Crippen molar-refractivity contribution in [3.8, 4) is 0 Å². The van der Waals surface area contributed by atoms with Crippen molar-refractivity contribution in [2.75, 3.05) is 5.43 Å². The van der Waals surface area contributed by atoms with Gasteiger partial charge in [0.25, 0.3) is 0 Å². The molecule has 3 N–H and O–H groups in total. The lowest BCUT2D eigenvalue weighted by Gasteiger charge is -1.90. The number of benzene rings is 1. The molecule has 0 amide bonds. The first kappa shape index (κ1) is 8.33. The third-order valence-electron chi connectivity index (χ3n) is 1.57. The Morgan fingerprint density at radius 2 is 2.00 bits per heavy atom. The molecule has 1 aromatic carbocycles. The lowest BCUT2D eigenvalue weighted by atomic mass is 10.3. The summed E-state index contributed by atoms with van der Waals surface area (Å²) in [4.78, 5) is 3.76. The minimum absolute atomic E-state index is 0.0120. The lowest BCUT2D eigenvalue weighted by molar-refractivity contribution is 0.617. The predicted molar refractivity (Wildman–Crippen MR) is 47.3 cm³/mol. The molecule has 68 valence electrons. The van der Waals surface area contributed by atoms with E-state index in [9.17, 15) is 8.78 Å². The Morgan fingerprint density at radius 3 is 2.62 bits per heavy atom. The quantitative estimate of drug-likeness (QED) is 0.547. The standard InChI is InChI=1S/C7H5F2N3S/c8-3-1-2-4(9)6-5(3)11-7(12-10)13-6/h1-2H,10H2,(H,11,12). The van der Waals surface area contributed by atoms with E-state index >= 15 is 0 Å². The maximum absolute atomic E-state index is 13.1. The summed E-state index contributed by atoms with van der Waals surface area (Å²) in [5.41, 5.74) is 2.26. The van der Waals surface area contributed by atoms with Gasteiger partial charge in [-0.1, -0.05) is 11.3 Å².